The number of allylic oxidation sites excluding steroid dienone is 4. The largest absolute Gasteiger partial charge is 0.464 e. The second kappa shape index (κ2) is 14.4. The molecule has 1 amide bonds. The van der Waals surface area contributed by atoms with E-state index in [9.17, 15) is 18.0 Å². The minimum Gasteiger partial charge on any atom is -0.464 e. The standard InChI is InChI=1S/C29H31F3N4O3S/c1-6-17(4)20(13-12-19(7-2)8-3)16-38-29-36-35-28(40-29)34-26(37)22-15-33-18(5)14-21(22)25-23(30)10-9-11-24(25)39-27(31)32/h7,9-15,27H,6,8,16H2,1-5H3,(H,34,35,37)/b13-12-,19-7-,20-17+. The van der Waals surface area contributed by atoms with E-state index in [2.05, 4.69) is 51.2 Å². The van der Waals surface area contributed by atoms with E-state index in [4.69, 9.17) is 4.74 Å². The Hall–Kier alpha value is -3.99. The van der Waals surface area contributed by atoms with Gasteiger partial charge in [-0.2, -0.15) is 8.78 Å². The third-order valence-corrected chi connectivity index (χ3v) is 6.83. The highest BCUT2D eigenvalue weighted by atomic mass is 32.1. The van der Waals surface area contributed by atoms with Crippen LogP contribution >= 0.6 is 11.3 Å². The molecule has 0 spiro atoms. The molecule has 212 valence electrons. The van der Waals surface area contributed by atoms with E-state index in [0.29, 0.717) is 5.69 Å². The van der Waals surface area contributed by atoms with Crippen LogP contribution in [0.25, 0.3) is 11.1 Å². The van der Waals surface area contributed by atoms with Gasteiger partial charge in [0.25, 0.3) is 11.1 Å². The topological polar surface area (TPSA) is 86.2 Å². The Morgan fingerprint density at radius 2 is 1.95 bits per heavy atom. The van der Waals surface area contributed by atoms with Gasteiger partial charge in [-0.25, -0.2) is 4.39 Å². The summed E-state index contributed by atoms with van der Waals surface area (Å²) in [6.45, 7) is 6.91. The number of nitrogens with zero attached hydrogens (tertiary/aromatic N) is 3. The number of ether oxygens (including phenoxy) is 2. The van der Waals surface area contributed by atoms with Crippen molar-refractivity contribution in [2.24, 2.45) is 0 Å². The molecule has 0 radical (unpaired) electrons. The second-order valence-electron chi connectivity index (χ2n) is 8.69. The van der Waals surface area contributed by atoms with Crippen LogP contribution in [0, 0.1) is 12.7 Å². The maximum absolute atomic E-state index is 14.8. The van der Waals surface area contributed by atoms with Crippen molar-refractivity contribution < 1.29 is 27.4 Å². The lowest BCUT2D eigenvalue weighted by atomic mass is 9.98. The molecular formula is C29H31F3N4O3S. The van der Waals surface area contributed by atoms with Crippen molar-refractivity contribution in [2.45, 2.75) is 54.1 Å². The number of rotatable bonds is 12. The fourth-order valence-corrected chi connectivity index (χ4v) is 4.29. The van der Waals surface area contributed by atoms with Crippen LogP contribution in [-0.4, -0.2) is 34.3 Å². The van der Waals surface area contributed by atoms with Gasteiger partial charge in [-0.3, -0.25) is 15.1 Å². The van der Waals surface area contributed by atoms with Crippen LogP contribution in [-0.2, 0) is 0 Å². The van der Waals surface area contributed by atoms with Crippen LogP contribution in [0.3, 0.4) is 0 Å². The van der Waals surface area contributed by atoms with Gasteiger partial charge in [0.05, 0.1) is 11.1 Å². The molecule has 0 aliphatic carbocycles. The van der Waals surface area contributed by atoms with Crippen molar-refractivity contribution in [3.63, 3.8) is 0 Å². The first-order valence-electron chi connectivity index (χ1n) is 12.7. The van der Waals surface area contributed by atoms with Crippen LogP contribution in [0.1, 0.15) is 56.6 Å². The Labute approximate surface area is 235 Å². The van der Waals surface area contributed by atoms with E-state index in [0.717, 1.165) is 35.8 Å². The summed E-state index contributed by atoms with van der Waals surface area (Å²) in [7, 11) is 0. The molecule has 1 aromatic carbocycles. The first-order chi connectivity index (χ1) is 19.2. The Morgan fingerprint density at radius 3 is 2.62 bits per heavy atom. The molecule has 0 saturated carbocycles. The van der Waals surface area contributed by atoms with E-state index in [1.54, 1.807) is 6.92 Å². The number of carbonyl (C=O) groups is 1. The van der Waals surface area contributed by atoms with Crippen molar-refractivity contribution in [1.82, 2.24) is 15.2 Å². The number of amides is 1. The molecule has 1 N–H and O–H groups in total. The van der Waals surface area contributed by atoms with E-state index >= 15 is 0 Å². The molecule has 11 heteroatoms. The maximum atomic E-state index is 14.8. The fourth-order valence-electron chi connectivity index (χ4n) is 3.70. The molecule has 2 aromatic heterocycles. The minimum absolute atomic E-state index is 0.0453. The van der Waals surface area contributed by atoms with Gasteiger partial charge in [0.1, 0.15) is 18.2 Å². The summed E-state index contributed by atoms with van der Waals surface area (Å²) in [5.41, 5.74) is 3.55. The quantitative estimate of drug-likeness (QED) is 0.222. The van der Waals surface area contributed by atoms with Gasteiger partial charge in [0.2, 0.25) is 5.13 Å². The monoisotopic (exact) mass is 572 g/mol. The van der Waals surface area contributed by atoms with Crippen molar-refractivity contribution in [1.29, 1.82) is 0 Å². The van der Waals surface area contributed by atoms with Gasteiger partial charge in [-0.15, -0.1) is 5.10 Å². The van der Waals surface area contributed by atoms with Gasteiger partial charge in [0.15, 0.2) is 0 Å². The van der Waals surface area contributed by atoms with E-state index in [1.807, 2.05) is 19.9 Å². The molecule has 0 aliphatic rings. The predicted octanol–water partition coefficient (Wildman–Crippen LogP) is 7.92. The van der Waals surface area contributed by atoms with Crippen molar-refractivity contribution in [3.8, 4) is 22.1 Å². The third kappa shape index (κ3) is 8.01. The highest BCUT2D eigenvalue weighted by Crippen LogP contribution is 2.36. The van der Waals surface area contributed by atoms with Crippen molar-refractivity contribution >= 4 is 22.4 Å². The number of halogens is 3. The maximum Gasteiger partial charge on any atom is 0.387 e. The normalized spacial score (nSPS) is 12.6. The lowest BCUT2D eigenvalue weighted by Gasteiger charge is -2.15. The van der Waals surface area contributed by atoms with Gasteiger partial charge in [0, 0.05) is 17.5 Å². The Balaban J connectivity index is 1.81. The van der Waals surface area contributed by atoms with Gasteiger partial charge in [-0.1, -0.05) is 54.4 Å². The lowest BCUT2D eigenvalue weighted by Crippen LogP contribution is -2.14. The predicted molar refractivity (Wildman–Crippen MR) is 151 cm³/mol. The number of hydrogen-bond donors (Lipinski definition) is 1. The van der Waals surface area contributed by atoms with Crippen LogP contribution < -0.4 is 14.8 Å². The van der Waals surface area contributed by atoms with Crippen molar-refractivity contribution in [2.75, 3.05) is 11.9 Å². The molecule has 0 unspecified atom stereocenters. The highest BCUT2D eigenvalue weighted by Gasteiger charge is 2.23. The molecule has 0 fully saturated rings. The Kier molecular flexibility index (Phi) is 11.0. The van der Waals surface area contributed by atoms with E-state index in [-0.39, 0.29) is 33.6 Å². The lowest BCUT2D eigenvalue weighted by molar-refractivity contribution is -0.0495. The minimum atomic E-state index is -3.18. The van der Waals surface area contributed by atoms with Crippen LogP contribution in [0.15, 0.2) is 65.4 Å². The number of anilines is 1. The zero-order valence-electron chi connectivity index (χ0n) is 22.9. The molecule has 0 aliphatic heterocycles. The average molecular weight is 573 g/mol. The Bertz CT molecular complexity index is 1430. The summed E-state index contributed by atoms with van der Waals surface area (Å²) >= 11 is 1.02. The number of benzene rings is 1. The van der Waals surface area contributed by atoms with E-state index in [1.165, 1.54) is 35.5 Å². The summed E-state index contributed by atoms with van der Waals surface area (Å²) < 4.78 is 51.2. The molecule has 2 heterocycles. The SMILES string of the molecule is C\C=C(/C=C\C(COc1nnc(NC(=O)c2cnc(C)cc2-c2c(F)cccc2OC(F)F)s1)=C(\C)CC)CC. The molecule has 3 rings (SSSR count). The zero-order chi connectivity index (χ0) is 29.2. The first-order valence-corrected chi connectivity index (χ1v) is 13.5. The molecule has 40 heavy (non-hydrogen) atoms. The summed E-state index contributed by atoms with van der Waals surface area (Å²) in [5, 5.41) is 11.0. The number of carbonyl (C=O) groups excluding carboxylic acids is 1. The highest BCUT2D eigenvalue weighted by molar-refractivity contribution is 7.17. The summed E-state index contributed by atoms with van der Waals surface area (Å²) in [4.78, 5) is 17.3. The molecule has 3 aromatic rings. The smallest absolute Gasteiger partial charge is 0.387 e. The number of nitrogens with one attached hydrogen (secondary N) is 1. The average Bonchev–Trinajstić information content (AvgIpc) is 3.37. The van der Waals surface area contributed by atoms with E-state index < -0.39 is 24.1 Å². The fraction of sp³-hybridized carbons (Fsp3) is 0.310. The van der Waals surface area contributed by atoms with Crippen LogP contribution in [0.2, 0.25) is 0 Å². The zero-order valence-corrected chi connectivity index (χ0v) is 23.7. The molecule has 7 nitrogen and oxygen atoms in total. The molecule has 0 bridgehead atoms. The second-order valence-corrected chi connectivity index (χ2v) is 9.63. The molecule has 0 atom stereocenters. The number of pyridine rings is 1. The van der Waals surface area contributed by atoms with Gasteiger partial charge in [-0.05, 0) is 68.7 Å². The molecule has 0 saturated heterocycles. The third-order valence-electron chi connectivity index (χ3n) is 6.08. The summed E-state index contributed by atoms with van der Waals surface area (Å²) in [5.74, 6) is -1.91. The van der Waals surface area contributed by atoms with Gasteiger partial charge < -0.3 is 9.47 Å². The van der Waals surface area contributed by atoms with Crippen LogP contribution in [0.5, 0.6) is 10.9 Å². The Morgan fingerprint density at radius 1 is 1.18 bits per heavy atom. The molecular weight excluding hydrogens is 541 g/mol. The summed E-state index contributed by atoms with van der Waals surface area (Å²) in [6.07, 6.45) is 9.16. The van der Waals surface area contributed by atoms with Crippen molar-refractivity contribution in [3.05, 3.63) is 82.5 Å². The first kappa shape index (κ1) is 30.6. The number of alkyl halides is 2. The van der Waals surface area contributed by atoms with Crippen LogP contribution in [0.4, 0.5) is 18.3 Å². The number of aromatic nitrogens is 3. The number of hydrogen-bond acceptors (Lipinski definition) is 7. The summed E-state index contributed by atoms with van der Waals surface area (Å²) in [6, 6.07) is 4.97. The number of aryl methyl sites for hydroxylation is 1. The van der Waals surface area contributed by atoms with Gasteiger partial charge >= 0.3 is 6.61 Å².